The molecule has 0 saturated heterocycles. The molecule has 0 radical (unpaired) electrons. The molecule has 1 aliphatic rings. The molecule has 4 heteroatoms. The second-order valence-corrected chi connectivity index (χ2v) is 6.95. The van der Waals surface area contributed by atoms with Gasteiger partial charge in [0, 0.05) is 0 Å². The molecule has 0 unspecified atom stereocenters. The van der Waals surface area contributed by atoms with Gasteiger partial charge < -0.3 is 0 Å². The van der Waals surface area contributed by atoms with E-state index in [9.17, 15) is 3.10 Å². The van der Waals surface area contributed by atoms with Crippen molar-refractivity contribution in [1.29, 1.82) is 0 Å². The number of hydrogen-bond acceptors (Lipinski definition) is 1. The van der Waals surface area contributed by atoms with Crippen LogP contribution in [0.3, 0.4) is 0 Å². The Morgan fingerprint density at radius 3 is 2.55 bits per heavy atom. The summed E-state index contributed by atoms with van der Waals surface area (Å²) in [5, 5.41) is 0. The molecule has 1 rings (SSSR count). The molecule has 0 amide bonds. The van der Waals surface area contributed by atoms with E-state index in [2.05, 4.69) is 6.58 Å². The molecule has 0 aromatic rings. The van der Waals surface area contributed by atoms with Crippen molar-refractivity contribution in [2.45, 2.75) is 6.92 Å². The van der Waals surface area contributed by atoms with Crippen molar-refractivity contribution in [2.24, 2.45) is 0 Å². The average Bonchev–Trinajstić information content (AvgIpc) is 1.97. The van der Waals surface area contributed by atoms with Crippen molar-refractivity contribution >= 4 is 20.1 Å². The summed E-state index contributed by atoms with van der Waals surface area (Å²) in [5.41, 5.74) is 1.90. The second-order valence-electron chi connectivity index (χ2n) is 2.50. The molecule has 3 nitrogen and oxygen atoms in total. The first-order chi connectivity index (χ1) is 5.04. The van der Waals surface area contributed by atoms with Crippen LogP contribution in [0.4, 0.5) is 0 Å². The summed E-state index contributed by atoms with van der Waals surface area (Å²) in [4.78, 5) is 0. The Morgan fingerprint density at radius 2 is 2.00 bits per heavy atom. The van der Waals surface area contributed by atoms with Crippen LogP contribution in [0.2, 0.25) is 0 Å². The summed E-state index contributed by atoms with van der Waals surface area (Å²) in [7, 11) is 3.68. The van der Waals surface area contributed by atoms with Crippen LogP contribution in [0.25, 0.3) is 0 Å². The maximum atomic E-state index is 11.5. The van der Waals surface area contributed by atoms with Crippen molar-refractivity contribution in [2.75, 3.05) is 14.1 Å². The van der Waals surface area contributed by atoms with Gasteiger partial charge in [0.1, 0.15) is 0 Å². The van der Waals surface area contributed by atoms with E-state index in [-0.39, 0.29) is 0 Å². The van der Waals surface area contributed by atoms with Crippen molar-refractivity contribution in [3.8, 4) is 0 Å². The van der Waals surface area contributed by atoms with Crippen molar-refractivity contribution < 1.29 is 3.10 Å². The van der Waals surface area contributed by atoms with Crippen LogP contribution >= 0.6 is 0 Å². The Hall–Kier alpha value is -0.330. The molecule has 11 heavy (non-hydrogen) atoms. The summed E-state index contributed by atoms with van der Waals surface area (Å²) in [5.74, 6) is 0. The average molecular weight is 268 g/mol. The molecule has 0 aromatic carbocycles. The molecule has 62 valence electrons. The summed E-state index contributed by atoms with van der Waals surface area (Å²) >= 11 is -2.45. The number of allylic oxidation sites excluding steroid dienone is 2. The zero-order valence-corrected chi connectivity index (χ0v) is 9.33. The maximum absolute atomic E-state index is 11.5. The summed E-state index contributed by atoms with van der Waals surface area (Å²) < 4.78 is 15.2. The Bertz CT molecular complexity index is 247. The van der Waals surface area contributed by atoms with E-state index in [4.69, 9.17) is 0 Å². The minimum absolute atomic E-state index is 0.854. The Morgan fingerprint density at radius 1 is 1.45 bits per heavy atom. The quantitative estimate of drug-likeness (QED) is 0.604. The van der Waals surface area contributed by atoms with Crippen LogP contribution < -0.4 is 0 Å². The van der Waals surface area contributed by atoms with Gasteiger partial charge >= 0.3 is 74.6 Å². The standard InChI is InChI=1S/C7H12N2OTe/c1-6-5-7(2)9(4)11(10)8(6)3/h5H,1H2,2-4H3. The van der Waals surface area contributed by atoms with E-state index in [0.29, 0.717) is 0 Å². The van der Waals surface area contributed by atoms with Gasteiger partial charge in [0.25, 0.3) is 0 Å². The van der Waals surface area contributed by atoms with Crippen LogP contribution in [-0.4, -0.2) is 40.5 Å². The van der Waals surface area contributed by atoms with Crippen LogP contribution in [0, 0.1) is 0 Å². The van der Waals surface area contributed by atoms with Gasteiger partial charge in [-0.15, -0.1) is 0 Å². The molecule has 0 aliphatic carbocycles. The van der Waals surface area contributed by atoms with E-state index in [1.165, 1.54) is 0 Å². The molecule has 0 fully saturated rings. The van der Waals surface area contributed by atoms with E-state index >= 15 is 0 Å². The summed E-state index contributed by atoms with van der Waals surface area (Å²) in [6.07, 6.45) is 1.94. The summed E-state index contributed by atoms with van der Waals surface area (Å²) in [6, 6.07) is 0. The second kappa shape index (κ2) is 2.96. The Balaban J connectivity index is 3.01. The van der Waals surface area contributed by atoms with E-state index in [0.717, 1.165) is 11.4 Å². The van der Waals surface area contributed by atoms with Crippen molar-refractivity contribution in [1.82, 2.24) is 6.30 Å². The fraction of sp³-hybridized carbons (Fsp3) is 0.429. The topological polar surface area (TPSA) is 23.6 Å². The van der Waals surface area contributed by atoms with E-state index in [1.807, 2.05) is 30.2 Å². The van der Waals surface area contributed by atoms with E-state index < -0.39 is 20.1 Å². The molecule has 0 aromatic heterocycles. The molecule has 1 heterocycles. The van der Waals surface area contributed by atoms with Crippen LogP contribution in [0.5, 0.6) is 0 Å². The third-order valence-corrected chi connectivity index (χ3v) is 5.91. The summed E-state index contributed by atoms with van der Waals surface area (Å²) in [6.45, 7) is 5.74. The molecule has 0 saturated carbocycles. The number of nitrogens with zero attached hydrogens (tertiary/aromatic N) is 2. The zero-order chi connectivity index (χ0) is 8.59. The predicted molar refractivity (Wildman–Crippen MR) is 44.9 cm³/mol. The molecular weight excluding hydrogens is 256 g/mol. The molecule has 1 aliphatic heterocycles. The van der Waals surface area contributed by atoms with Gasteiger partial charge in [-0.3, -0.25) is 0 Å². The number of likely N-dealkylation sites (N-methyl/N-ethyl adjacent to an activating group) is 1. The predicted octanol–water partition coefficient (Wildman–Crippen LogP) is 0.696. The monoisotopic (exact) mass is 270 g/mol. The third-order valence-electron chi connectivity index (χ3n) is 1.75. The first-order valence-electron chi connectivity index (χ1n) is 3.30. The SMILES string of the molecule is C=C1C=C(C)N(C)[Te](=O)N1C. The van der Waals surface area contributed by atoms with Gasteiger partial charge in [-0.1, -0.05) is 0 Å². The fourth-order valence-electron chi connectivity index (χ4n) is 0.830. The number of hydrogen-bond donors (Lipinski definition) is 0. The van der Waals surface area contributed by atoms with Crippen LogP contribution in [-0.2, 0) is 3.10 Å². The first kappa shape index (κ1) is 8.76. The fourth-order valence-corrected chi connectivity index (χ4v) is 3.46. The number of rotatable bonds is 0. The van der Waals surface area contributed by atoms with Gasteiger partial charge in [-0.2, -0.15) is 0 Å². The molecule has 0 bridgehead atoms. The van der Waals surface area contributed by atoms with Crippen LogP contribution in [0.15, 0.2) is 24.0 Å². The molecular formula is C7H12N2OTe. The molecule has 0 atom stereocenters. The first-order valence-corrected chi connectivity index (χ1v) is 6.34. The van der Waals surface area contributed by atoms with Gasteiger partial charge in [-0.05, 0) is 0 Å². The van der Waals surface area contributed by atoms with Gasteiger partial charge in [0.2, 0.25) is 0 Å². The van der Waals surface area contributed by atoms with Crippen LogP contribution in [0.1, 0.15) is 6.92 Å². The minimum atomic E-state index is -2.45. The van der Waals surface area contributed by atoms with Gasteiger partial charge in [-0.25, -0.2) is 0 Å². The molecule has 0 N–H and O–H groups in total. The van der Waals surface area contributed by atoms with Gasteiger partial charge in [0.15, 0.2) is 0 Å². The Labute approximate surface area is 74.7 Å². The zero-order valence-electron chi connectivity index (χ0n) is 7.00. The van der Waals surface area contributed by atoms with Gasteiger partial charge in [0.05, 0.1) is 0 Å². The molecule has 0 spiro atoms. The van der Waals surface area contributed by atoms with E-state index in [1.54, 1.807) is 3.15 Å². The third kappa shape index (κ3) is 1.47. The van der Waals surface area contributed by atoms with Crippen molar-refractivity contribution in [3.63, 3.8) is 0 Å². The Kier molecular flexibility index (Phi) is 2.36. The van der Waals surface area contributed by atoms with Crippen molar-refractivity contribution in [3.05, 3.63) is 24.0 Å². The normalized spacial score (nSPS) is 20.6.